The van der Waals surface area contributed by atoms with Crippen LogP contribution in [0.15, 0.2) is 28.8 Å². The van der Waals surface area contributed by atoms with Crippen molar-refractivity contribution < 1.29 is 14.1 Å². The summed E-state index contributed by atoms with van der Waals surface area (Å²) in [6.45, 7) is 6.59. The Kier molecular flexibility index (Phi) is 6.41. The van der Waals surface area contributed by atoms with Crippen molar-refractivity contribution in [3.8, 4) is 17.1 Å². The molecule has 8 heteroatoms. The topological polar surface area (TPSA) is 74.9 Å². The van der Waals surface area contributed by atoms with Crippen molar-refractivity contribution in [3.63, 3.8) is 0 Å². The van der Waals surface area contributed by atoms with E-state index in [1.165, 1.54) is 6.42 Å². The van der Waals surface area contributed by atoms with Gasteiger partial charge in [0, 0.05) is 44.8 Å². The quantitative estimate of drug-likeness (QED) is 0.734. The number of carbonyl (C=O) groups is 1. The average molecular weight is 399 g/mol. The van der Waals surface area contributed by atoms with Crippen molar-refractivity contribution in [2.45, 2.75) is 25.8 Å². The summed E-state index contributed by atoms with van der Waals surface area (Å²) in [5, 5.41) is 4.10. The second kappa shape index (κ2) is 9.37. The summed E-state index contributed by atoms with van der Waals surface area (Å²) < 4.78 is 10.6. The summed E-state index contributed by atoms with van der Waals surface area (Å²) in [6.07, 6.45) is 3.53. The van der Waals surface area contributed by atoms with Crippen LogP contribution in [0.4, 0.5) is 0 Å². The number of piperidine rings is 1. The molecule has 0 unspecified atom stereocenters. The Morgan fingerprint density at radius 3 is 2.38 bits per heavy atom. The van der Waals surface area contributed by atoms with Crippen LogP contribution >= 0.6 is 0 Å². The lowest BCUT2D eigenvalue weighted by Crippen LogP contribution is -2.50. The minimum Gasteiger partial charge on any atom is -0.497 e. The Morgan fingerprint density at radius 1 is 1.00 bits per heavy atom. The Bertz CT molecular complexity index is 793. The maximum absolute atomic E-state index is 12.4. The molecule has 1 amide bonds. The first-order valence-corrected chi connectivity index (χ1v) is 10.4. The zero-order valence-electron chi connectivity index (χ0n) is 17.0. The summed E-state index contributed by atoms with van der Waals surface area (Å²) in [6, 6.07) is 7.61. The number of aromatic nitrogens is 2. The number of ether oxygens (including phenoxy) is 1. The van der Waals surface area contributed by atoms with Crippen LogP contribution in [-0.4, -0.2) is 83.7 Å². The molecule has 1 aromatic carbocycles. The molecule has 2 aliphatic heterocycles. The number of hydrogen-bond donors (Lipinski definition) is 0. The van der Waals surface area contributed by atoms with Gasteiger partial charge in [0.25, 0.3) is 0 Å². The van der Waals surface area contributed by atoms with Gasteiger partial charge in [-0.1, -0.05) is 5.16 Å². The Balaban J connectivity index is 1.24. The van der Waals surface area contributed by atoms with E-state index in [0.717, 1.165) is 63.4 Å². The van der Waals surface area contributed by atoms with Crippen molar-refractivity contribution in [2.24, 2.45) is 0 Å². The summed E-state index contributed by atoms with van der Waals surface area (Å²) in [5.41, 5.74) is 0.904. The third-order valence-electron chi connectivity index (χ3n) is 5.71. The van der Waals surface area contributed by atoms with Crippen LogP contribution in [0.2, 0.25) is 0 Å². The fourth-order valence-electron chi connectivity index (χ4n) is 3.91. The van der Waals surface area contributed by atoms with Gasteiger partial charge >= 0.3 is 0 Å². The number of nitrogens with zero attached hydrogens (tertiary/aromatic N) is 5. The van der Waals surface area contributed by atoms with Crippen LogP contribution in [0.25, 0.3) is 11.4 Å². The smallest absolute Gasteiger partial charge is 0.241 e. The second-order valence-corrected chi connectivity index (χ2v) is 7.73. The van der Waals surface area contributed by atoms with Crippen LogP contribution in [0, 0.1) is 0 Å². The van der Waals surface area contributed by atoms with E-state index in [-0.39, 0.29) is 5.91 Å². The number of hydrogen-bond acceptors (Lipinski definition) is 7. The van der Waals surface area contributed by atoms with Crippen LogP contribution in [-0.2, 0) is 11.3 Å². The van der Waals surface area contributed by atoms with Gasteiger partial charge in [-0.15, -0.1) is 0 Å². The lowest BCUT2D eigenvalue weighted by Gasteiger charge is -2.35. The molecule has 4 rings (SSSR count). The van der Waals surface area contributed by atoms with Crippen molar-refractivity contribution in [1.82, 2.24) is 24.8 Å². The summed E-state index contributed by atoms with van der Waals surface area (Å²) >= 11 is 0. The lowest BCUT2D eigenvalue weighted by atomic mass is 10.1. The molecule has 0 aliphatic carbocycles. The molecule has 3 heterocycles. The molecule has 0 radical (unpaired) electrons. The highest BCUT2D eigenvalue weighted by molar-refractivity contribution is 5.78. The minimum atomic E-state index is 0.277. The first-order chi connectivity index (χ1) is 14.2. The van der Waals surface area contributed by atoms with Crippen LogP contribution in [0.3, 0.4) is 0 Å². The number of piperazine rings is 1. The van der Waals surface area contributed by atoms with Gasteiger partial charge in [-0.2, -0.15) is 4.98 Å². The summed E-state index contributed by atoms with van der Waals surface area (Å²) in [4.78, 5) is 23.5. The van der Waals surface area contributed by atoms with Crippen LogP contribution in [0.5, 0.6) is 5.75 Å². The molecule has 8 nitrogen and oxygen atoms in total. The lowest BCUT2D eigenvalue weighted by molar-refractivity contribution is -0.133. The molecule has 0 saturated carbocycles. The Hall–Kier alpha value is -2.45. The third-order valence-corrected chi connectivity index (χ3v) is 5.71. The number of rotatable bonds is 6. The first kappa shape index (κ1) is 19.8. The Labute approximate surface area is 171 Å². The molecule has 156 valence electrons. The highest BCUT2D eigenvalue weighted by Gasteiger charge is 2.23. The number of amides is 1. The molecular formula is C21H29N5O3. The van der Waals surface area contributed by atoms with Gasteiger partial charge in [-0.25, -0.2) is 0 Å². The molecule has 0 spiro atoms. The van der Waals surface area contributed by atoms with Crippen molar-refractivity contribution in [2.75, 3.05) is 52.9 Å². The number of methoxy groups -OCH3 is 1. The largest absolute Gasteiger partial charge is 0.497 e. The average Bonchev–Trinajstić information content (AvgIpc) is 3.24. The molecule has 2 aliphatic rings. The second-order valence-electron chi connectivity index (χ2n) is 7.73. The maximum atomic E-state index is 12.4. The molecule has 2 aromatic rings. The zero-order chi connectivity index (χ0) is 20.1. The monoisotopic (exact) mass is 399 g/mol. The SMILES string of the molecule is COc1ccc(-c2noc(CN3CCN(CC(=O)N4CCCCC4)CC3)n2)cc1. The van der Waals surface area contributed by atoms with Crippen LogP contribution < -0.4 is 4.74 Å². The zero-order valence-corrected chi connectivity index (χ0v) is 17.0. The van der Waals surface area contributed by atoms with Gasteiger partial charge in [-0.3, -0.25) is 14.6 Å². The van der Waals surface area contributed by atoms with Crippen molar-refractivity contribution in [3.05, 3.63) is 30.2 Å². The predicted molar refractivity (Wildman–Crippen MR) is 108 cm³/mol. The van der Waals surface area contributed by atoms with Crippen molar-refractivity contribution in [1.29, 1.82) is 0 Å². The van der Waals surface area contributed by atoms with Gasteiger partial charge in [0.1, 0.15) is 5.75 Å². The molecule has 0 atom stereocenters. The first-order valence-electron chi connectivity index (χ1n) is 10.4. The molecule has 2 saturated heterocycles. The van der Waals surface area contributed by atoms with E-state index >= 15 is 0 Å². The molecular weight excluding hydrogens is 370 g/mol. The molecule has 1 aromatic heterocycles. The molecule has 0 bridgehead atoms. The van der Waals surface area contributed by atoms with E-state index < -0.39 is 0 Å². The summed E-state index contributed by atoms with van der Waals surface area (Å²) in [7, 11) is 1.64. The van der Waals surface area contributed by atoms with Gasteiger partial charge in [-0.05, 0) is 43.5 Å². The molecule has 0 N–H and O–H groups in total. The maximum Gasteiger partial charge on any atom is 0.241 e. The van der Waals surface area contributed by atoms with E-state index in [0.29, 0.717) is 24.8 Å². The fraction of sp³-hybridized carbons (Fsp3) is 0.571. The van der Waals surface area contributed by atoms with E-state index in [4.69, 9.17) is 9.26 Å². The number of likely N-dealkylation sites (tertiary alicyclic amines) is 1. The van der Waals surface area contributed by atoms with Crippen molar-refractivity contribution >= 4 is 5.91 Å². The van der Waals surface area contributed by atoms with Gasteiger partial charge in [0.15, 0.2) is 0 Å². The van der Waals surface area contributed by atoms with E-state index in [2.05, 4.69) is 19.9 Å². The number of carbonyl (C=O) groups excluding carboxylic acids is 1. The number of benzene rings is 1. The normalized spacial score (nSPS) is 18.7. The highest BCUT2D eigenvalue weighted by atomic mass is 16.5. The van der Waals surface area contributed by atoms with Gasteiger partial charge < -0.3 is 14.2 Å². The highest BCUT2D eigenvalue weighted by Crippen LogP contribution is 2.20. The minimum absolute atomic E-state index is 0.277. The fourth-order valence-corrected chi connectivity index (χ4v) is 3.91. The van der Waals surface area contributed by atoms with E-state index in [1.807, 2.05) is 29.2 Å². The van der Waals surface area contributed by atoms with Gasteiger partial charge in [0.05, 0.1) is 20.2 Å². The van der Waals surface area contributed by atoms with E-state index in [9.17, 15) is 4.79 Å². The standard InChI is InChI=1S/C21H29N5O3/c1-28-18-7-5-17(6-8-18)21-22-19(29-23-21)15-24-11-13-25(14-12-24)16-20(27)26-9-3-2-4-10-26/h5-8H,2-4,9-16H2,1H3. The Morgan fingerprint density at radius 2 is 1.69 bits per heavy atom. The predicted octanol–water partition coefficient (Wildman–Crippen LogP) is 1.88. The summed E-state index contributed by atoms with van der Waals surface area (Å²) in [5.74, 6) is 2.29. The molecule has 2 fully saturated rings. The van der Waals surface area contributed by atoms with Gasteiger partial charge in [0.2, 0.25) is 17.6 Å². The van der Waals surface area contributed by atoms with Crippen LogP contribution in [0.1, 0.15) is 25.2 Å². The van der Waals surface area contributed by atoms with E-state index in [1.54, 1.807) is 7.11 Å². The third kappa shape index (κ3) is 5.13. The molecule has 29 heavy (non-hydrogen) atoms.